The molecular weight excluding hydrogens is 240 g/mol. The highest BCUT2D eigenvalue weighted by Gasteiger charge is 2.32. The van der Waals surface area contributed by atoms with Gasteiger partial charge in [-0.1, -0.05) is 6.42 Å². The first kappa shape index (κ1) is 16.4. The highest BCUT2D eigenvalue weighted by atomic mass is 16.4. The molecule has 0 saturated heterocycles. The maximum Gasteiger partial charge on any atom is 0.323 e. The van der Waals surface area contributed by atoms with Crippen LogP contribution in [0.2, 0.25) is 0 Å². The number of unbranched alkanes of at least 4 members (excludes halogenated alkanes) is 1. The van der Waals surface area contributed by atoms with Crippen LogP contribution in [0.3, 0.4) is 0 Å². The molecule has 4 heteroatoms. The lowest BCUT2D eigenvalue weighted by Crippen LogP contribution is -2.52. The zero-order valence-electron chi connectivity index (χ0n) is 12.9. The first-order chi connectivity index (χ1) is 8.85. The van der Waals surface area contributed by atoms with E-state index < -0.39 is 11.5 Å². The Morgan fingerprint density at radius 2 is 2.05 bits per heavy atom. The molecule has 0 aromatic carbocycles. The molecule has 1 unspecified atom stereocenters. The standard InChI is InChI=1S/C15H30N2O2/c1-12(2)16-15(3,14(18)19)10-5-6-11-17(4)13-8-7-9-13/h12-13,16H,5-11H2,1-4H3,(H,18,19). The van der Waals surface area contributed by atoms with Crippen LogP contribution in [0.4, 0.5) is 0 Å². The molecule has 0 heterocycles. The zero-order valence-corrected chi connectivity index (χ0v) is 12.9. The Morgan fingerprint density at radius 1 is 1.42 bits per heavy atom. The molecule has 1 rings (SSSR count). The van der Waals surface area contributed by atoms with Crippen LogP contribution in [0.25, 0.3) is 0 Å². The van der Waals surface area contributed by atoms with Gasteiger partial charge in [0.05, 0.1) is 0 Å². The van der Waals surface area contributed by atoms with Gasteiger partial charge in [0.2, 0.25) is 0 Å². The number of nitrogens with one attached hydrogen (secondary N) is 1. The number of carboxylic acid groups (broad SMARTS) is 1. The van der Waals surface area contributed by atoms with Crippen LogP contribution in [0.1, 0.15) is 59.3 Å². The van der Waals surface area contributed by atoms with Crippen molar-refractivity contribution >= 4 is 5.97 Å². The van der Waals surface area contributed by atoms with Crippen molar-refractivity contribution in [1.29, 1.82) is 0 Å². The van der Waals surface area contributed by atoms with E-state index in [0.717, 1.165) is 25.4 Å². The Labute approximate surface area is 117 Å². The highest BCUT2D eigenvalue weighted by Crippen LogP contribution is 2.24. The molecule has 0 amide bonds. The average molecular weight is 270 g/mol. The third-order valence-electron chi connectivity index (χ3n) is 4.21. The first-order valence-corrected chi connectivity index (χ1v) is 7.56. The number of hydrogen-bond acceptors (Lipinski definition) is 3. The molecule has 1 saturated carbocycles. The second-order valence-corrected chi connectivity index (χ2v) is 6.46. The van der Waals surface area contributed by atoms with E-state index in [2.05, 4.69) is 17.3 Å². The summed E-state index contributed by atoms with van der Waals surface area (Å²) in [5.41, 5.74) is -0.788. The summed E-state index contributed by atoms with van der Waals surface area (Å²) >= 11 is 0. The fourth-order valence-electron chi connectivity index (χ4n) is 2.73. The fraction of sp³-hybridized carbons (Fsp3) is 0.933. The number of aliphatic carboxylic acids is 1. The lowest BCUT2D eigenvalue weighted by molar-refractivity contribution is -0.144. The zero-order chi connectivity index (χ0) is 14.5. The molecule has 0 spiro atoms. The molecule has 1 aliphatic rings. The molecule has 0 bridgehead atoms. The lowest BCUT2D eigenvalue weighted by Gasteiger charge is -2.35. The normalized spacial score (nSPS) is 19.5. The molecule has 1 fully saturated rings. The Balaban J connectivity index is 2.26. The Kier molecular flexibility index (Phi) is 6.27. The van der Waals surface area contributed by atoms with Crippen LogP contribution >= 0.6 is 0 Å². The third-order valence-corrected chi connectivity index (χ3v) is 4.21. The Morgan fingerprint density at radius 3 is 2.47 bits per heavy atom. The van der Waals surface area contributed by atoms with Gasteiger partial charge in [0.15, 0.2) is 0 Å². The quantitative estimate of drug-likeness (QED) is 0.632. The number of hydrogen-bond donors (Lipinski definition) is 2. The number of nitrogens with zero attached hydrogens (tertiary/aromatic N) is 1. The smallest absolute Gasteiger partial charge is 0.323 e. The average Bonchev–Trinajstić information content (AvgIpc) is 2.20. The fourth-order valence-corrected chi connectivity index (χ4v) is 2.73. The maximum absolute atomic E-state index is 11.4. The molecule has 1 aliphatic carbocycles. The molecule has 112 valence electrons. The monoisotopic (exact) mass is 270 g/mol. The Bertz CT molecular complexity index is 290. The molecule has 0 aromatic rings. The van der Waals surface area contributed by atoms with Gasteiger partial charge in [-0.2, -0.15) is 0 Å². The predicted molar refractivity (Wildman–Crippen MR) is 78.4 cm³/mol. The van der Waals surface area contributed by atoms with Gasteiger partial charge in [-0.05, 0) is 66.5 Å². The molecular formula is C15H30N2O2. The lowest BCUT2D eigenvalue weighted by atomic mass is 9.91. The van der Waals surface area contributed by atoms with Crippen LogP contribution in [0.15, 0.2) is 0 Å². The number of carbonyl (C=O) groups is 1. The van der Waals surface area contributed by atoms with Gasteiger partial charge in [-0.3, -0.25) is 10.1 Å². The minimum absolute atomic E-state index is 0.193. The van der Waals surface area contributed by atoms with Crippen molar-refractivity contribution in [3.63, 3.8) is 0 Å². The van der Waals surface area contributed by atoms with E-state index in [1.54, 1.807) is 6.92 Å². The highest BCUT2D eigenvalue weighted by molar-refractivity contribution is 5.78. The van der Waals surface area contributed by atoms with E-state index in [1.807, 2.05) is 13.8 Å². The van der Waals surface area contributed by atoms with E-state index >= 15 is 0 Å². The van der Waals surface area contributed by atoms with Gasteiger partial charge >= 0.3 is 5.97 Å². The van der Waals surface area contributed by atoms with Crippen molar-refractivity contribution in [3.05, 3.63) is 0 Å². The summed E-state index contributed by atoms with van der Waals surface area (Å²) in [6.07, 6.45) is 6.76. The van der Waals surface area contributed by atoms with Crippen LogP contribution < -0.4 is 5.32 Å². The van der Waals surface area contributed by atoms with Crippen molar-refractivity contribution < 1.29 is 9.90 Å². The SMILES string of the molecule is CC(C)NC(C)(CCCCN(C)C1CCC1)C(=O)O. The van der Waals surface area contributed by atoms with E-state index in [4.69, 9.17) is 0 Å². The largest absolute Gasteiger partial charge is 0.480 e. The van der Waals surface area contributed by atoms with Crippen molar-refractivity contribution in [2.24, 2.45) is 0 Å². The third kappa shape index (κ3) is 5.11. The molecule has 0 aliphatic heterocycles. The minimum atomic E-state index is -0.788. The van der Waals surface area contributed by atoms with Crippen LogP contribution in [0, 0.1) is 0 Å². The molecule has 4 nitrogen and oxygen atoms in total. The van der Waals surface area contributed by atoms with E-state index in [-0.39, 0.29) is 6.04 Å². The Hall–Kier alpha value is -0.610. The van der Waals surface area contributed by atoms with Crippen molar-refractivity contribution in [3.8, 4) is 0 Å². The van der Waals surface area contributed by atoms with Gasteiger partial charge < -0.3 is 10.0 Å². The van der Waals surface area contributed by atoms with Gasteiger partial charge in [-0.15, -0.1) is 0 Å². The first-order valence-electron chi connectivity index (χ1n) is 7.56. The maximum atomic E-state index is 11.4. The second-order valence-electron chi connectivity index (χ2n) is 6.46. The minimum Gasteiger partial charge on any atom is -0.480 e. The summed E-state index contributed by atoms with van der Waals surface area (Å²) in [5.74, 6) is -0.742. The number of rotatable bonds is 9. The molecule has 19 heavy (non-hydrogen) atoms. The summed E-state index contributed by atoms with van der Waals surface area (Å²) in [7, 11) is 2.19. The van der Waals surface area contributed by atoms with E-state index in [9.17, 15) is 9.90 Å². The molecule has 1 atom stereocenters. The number of carboxylic acids is 1. The van der Waals surface area contributed by atoms with Crippen LogP contribution in [-0.4, -0.2) is 47.2 Å². The summed E-state index contributed by atoms with van der Waals surface area (Å²) in [6.45, 7) is 6.87. The van der Waals surface area contributed by atoms with Gasteiger partial charge in [0.25, 0.3) is 0 Å². The molecule has 0 radical (unpaired) electrons. The topological polar surface area (TPSA) is 52.6 Å². The summed E-state index contributed by atoms with van der Waals surface area (Å²) in [4.78, 5) is 13.8. The van der Waals surface area contributed by atoms with E-state index in [0.29, 0.717) is 6.42 Å². The van der Waals surface area contributed by atoms with Crippen molar-refractivity contribution in [2.45, 2.75) is 76.9 Å². The van der Waals surface area contributed by atoms with Crippen molar-refractivity contribution in [1.82, 2.24) is 10.2 Å². The predicted octanol–water partition coefficient (Wildman–Crippen LogP) is 2.48. The van der Waals surface area contributed by atoms with E-state index in [1.165, 1.54) is 19.3 Å². The summed E-state index contributed by atoms with van der Waals surface area (Å²) < 4.78 is 0. The van der Waals surface area contributed by atoms with Gasteiger partial charge in [0.1, 0.15) is 5.54 Å². The molecule has 2 N–H and O–H groups in total. The van der Waals surface area contributed by atoms with Gasteiger partial charge in [-0.25, -0.2) is 0 Å². The summed E-state index contributed by atoms with van der Waals surface area (Å²) in [5, 5.41) is 12.5. The molecule has 0 aromatic heterocycles. The van der Waals surface area contributed by atoms with Gasteiger partial charge in [0, 0.05) is 12.1 Å². The second kappa shape index (κ2) is 7.25. The van der Waals surface area contributed by atoms with Crippen LogP contribution in [-0.2, 0) is 4.79 Å². The summed E-state index contributed by atoms with van der Waals surface area (Å²) in [6, 6.07) is 0.971. The van der Waals surface area contributed by atoms with Crippen LogP contribution in [0.5, 0.6) is 0 Å². The van der Waals surface area contributed by atoms with Crippen molar-refractivity contribution in [2.75, 3.05) is 13.6 Å².